The van der Waals surface area contributed by atoms with Crippen molar-refractivity contribution in [2.45, 2.75) is 32.2 Å². The molecule has 34 heavy (non-hydrogen) atoms. The Bertz CT molecular complexity index is 1160. The van der Waals surface area contributed by atoms with Crippen molar-refractivity contribution in [1.29, 1.82) is 0 Å². The Hall–Kier alpha value is -3.64. The van der Waals surface area contributed by atoms with Gasteiger partial charge in [0.05, 0.1) is 25.6 Å². The van der Waals surface area contributed by atoms with Gasteiger partial charge in [-0.15, -0.1) is 0 Å². The number of carbonyl (C=O) groups is 1. The minimum Gasteiger partial charge on any atom is -0.493 e. The predicted molar refractivity (Wildman–Crippen MR) is 137 cm³/mol. The van der Waals surface area contributed by atoms with E-state index < -0.39 is 5.92 Å². The third-order valence-corrected chi connectivity index (χ3v) is 5.95. The summed E-state index contributed by atoms with van der Waals surface area (Å²) in [5.41, 5.74) is 5.13. The molecule has 0 spiro atoms. The number of hydrogen-bond donors (Lipinski definition) is 2. The minimum atomic E-state index is -0.562. The molecule has 6 nitrogen and oxygen atoms in total. The van der Waals surface area contributed by atoms with Gasteiger partial charge >= 0.3 is 0 Å². The van der Waals surface area contributed by atoms with Gasteiger partial charge in [-0.2, -0.15) is 0 Å². The molecular formula is C28H31N3O3. The molecule has 1 heterocycles. The molecule has 0 aliphatic carbocycles. The molecule has 0 fully saturated rings. The van der Waals surface area contributed by atoms with Gasteiger partial charge in [0.1, 0.15) is 5.92 Å². The van der Waals surface area contributed by atoms with Crippen molar-refractivity contribution in [3.63, 3.8) is 0 Å². The lowest BCUT2D eigenvalue weighted by Gasteiger charge is -2.15. The van der Waals surface area contributed by atoms with Crippen molar-refractivity contribution < 1.29 is 14.3 Å². The SMILES string of the molecule is CCCCNCc1ccc(N=C(c2ccccc2)C2C(=O)Nc3cc(OC)c(OC)cc32)cc1. The Morgan fingerprint density at radius 3 is 2.38 bits per heavy atom. The van der Waals surface area contributed by atoms with Crippen LogP contribution in [0.3, 0.4) is 0 Å². The van der Waals surface area contributed by atoms with Crippen LogP contribution in [0, 0.1) is 0 Å². The van der Waals surface area contributed by atoms with Gasteiger partial charge in [-0.3, -0.25) is 9.79 Å². The molecule has 4 rings (SSSR count). The van der Waals surface area contributed by atoms with Crippen molar-refractivity contribution >= 4 is 23.0 Å². The molecular weight excluding hydrogens is 426 g/mol. The van der Waals surface area contributed by atoms with E-state index in [4.69, 9.17) is 14.5 Å². The van der Waals surface area contributed by atoms with Crippen LogP contribution in [0.1, 0.15) is 42.4 Å². The predicted octanol–water partition coefficient (Wildman–Crippen LogP) is 5.45. The van der Waals surface area contributed by atoms with Gasteiger partial charge in [0.25, 0.3) is 0 Å². The first kappa shape index (κ1) is 23.5. The van der Waals surface area contributed by atoms with Crippen molar-refractivity contribution in [2.75, 3.05) is 26.1 Å². The smallest absolute Gasteiger partial charge is 0.238 e. The summed E-state index contributed by atoms with van der Waals surface area (Å²) in [4.78, 5) is 18.2. The largest absolute Gasteiger partial charge is 0.493 e. The Morgan fingerprint density at radius 1 is 1.00 bits per heavy atom. The summed E-state index contributed by atoms with van der Waals surface area (Å²) in [6, 6.07) is 21.7. The molecule has 1 aliphatic heterocycles. The normalized spacial score (nSPS) is 15.1. The number of benzene rings is 3. The fraction of sp³-hybridized carbons (Fsp3) is 0.286. The first-order valence-corrected chi connectivity index (χ1v) is 11.6. The minimum absolute atomic E-state index is 0.121. The van der Waals surface area contributed by atoms with Crippen molar-refractivity contribution in [3.8, 4) is 11.5 Å². The molecule has 0 bridgehead atoms. The number of ether oxygens (including phenoxy) is 2. The summed E-state index contributed by atoms with van der Waals surface area (Å²) >= 11 is 0. The van der Waals surface area contributed by atoms with Crippen LogP contribution in [-0.4, -0.2) is 32.4 Å². The number of hydrogen-bond acceptors (Lipinski definition) is 5. The summed E-state index contributed by atoms with van der Waals surface area (Å²) in [5, 5.41) is 6.45. The van der Waals surface area contributed by atoms with Crippen LogP contribution in [0.25, 0.3) is 0 Å². The lowest BCUT2D eigenvalue weighted by atomic mass is 9.90. The molecule has 2 N–H and O–H groups in total. The zero-order valence-corrected chi connectivity index (χ0v) is 19.9. The lowest BCUT2D eigenvalue weighted by molar-refractivity contribution is -0.115. The van der Waals surface area contributed by atoms with E-state index in [0.717, 1.165) is 29.9 Å². The van der Waals surface area contributed by atoms with E-state index in [1.807, 2.05) is 48.5 Å². The first-order chi connectivity index (χ1) is 16.6. The molecule has 3 aromatic carbocycles. The van der Waals surface area contributed by atoms with E-state index in [0.29, 0.717) is 22.9 Å². The Balaban J connectivity index is 1.70. The number of nitrogens with zero attached hydrogens (tertiary/aromatic N) is 1. The maximum Gasteiger partial charge on any atom is 0.238 e. The number of unbranched alkanes of at least 4 members (excludes halogenated alkanes) is 1. The highest BCUT2D eigenvalue weighted by Gasteiger charge is 2.36. The number of amides is 1. The number of methoxy groups -OCH3 is 2. The quantitative estimate of drug-likeness (QED) is 0.314. The van der Waals surface area contributed by atoms with Gasteiger partial charge in [0, 0.05) is 18.3 Å². The van der Waals surface area contributed by atoms with Crippen LogP contribution in [0.2, 0.25) is 0 Å². The van der Waals surface area contributed by atoms with Crippen LogP contribution >= 0.6 is 0 Å². The standard InChI is InChI=1S/C28H31N3O3/c1-4-5-15-29-18-19-11-13-21(14-12-19)30-27(20-9-7-6-8-10-20)26-22-16-24(33-2)25(34-3)17-23(22)31-28(26)32/h6-14,16-17,26,29H,4-5,15,18H2,1-3H3,(H,31,32). The highest BCUT2D eigenvalue weighted by atomic mass is 16.5. The maximum atomic E-state index is 13.2. The van der Waals surface area contributed by atoms with E-state index in [2.05, 4.69) is 29.7 Å². The fourth-order valence-electron chi connectivity index (χ4n) is 4.13. The fourth-order valence-corrected chi connectivity index (χ4v) is 4.13. The molecule has 0 saturated heterocycles. The lowest BCUT2D eigenvalue weighted by Crippen LogP contribution is -2.22. The first-order valence-electron chi connectivity index (χ1n) is 11.6. The summed E-state index contributed by atoms with van der Waals surface area (Å²) in [5.74, 6) is 0.468. The van der Waals surface area contributed by atoms with Crippen LogP contribution in [0.15, 0.2) is 71.7 Å². The van der Waals surface area contributed by atoms with E-state index in [1.54, 1.807) is 20.3 Å². The van der Waals surface area contributed by atoms with Gasteiger partial charge in [-0.25, -0.2) is 0 Å². The number of fused-ring (bicyclic) bond motifs is 1. The van der Waals surface area contributed by atoms with E-state index >= 15 is 0 Å². The number of aliphatic imine (C=N–C) groups is 1. The third-order valence-electron chi connectivity index (χ3n) is 5.95. The van der Waals surface area contributed by atoms with Gasteiger partial charge in [-0.05, 0) is 47.9 Å². The zero-order valence-electron chi connectivity index (χ0n) is 19.9. The molecule has 3 aromatic rings. The molecule has 176 valence electrons. The number of carbonyl (C=O) groups excluding carboxylic acids is 1. The maximum absolute atomic E-state index is 13.2. The summed E-state index contributed by atoms with van der Waals surface area (Å²) < 4.78 is 10.9. The molecule has 0 saturated carbocycles. The third kappa shape index (κ3) is 5.13. The van der Waals surface area contributed by atoms with E-state index in [9.17, 15) is 4.79 Å². The van der Waals surface area contributed by atoms with E-state index in [-0.39, 0.29) is 5.91 Å². The van der Waals surface area contributed by atoms with Gasteiger partial charge in [0.15, 0.2) is 11.5 Å². The highest BCUT2D eigenvalue weighted by Crippen LogP contribution is 2.42. The molecule has 0 radical (unpaired) electrons. The van der Waals surface area contributed by atoms with Crippen LogP contribution in [0.5, 0.6) is 11.5 Å². The molecule has 1 unspecified atom stereocenters. The van der Waals surface area contributed by atoms with Crippen LogP contribution in [0.4, 0.5) is 11.4 Å². The Kier molecular flexibility index (Phi) is 7.60. The molecule has 1 amide bonds. The van der Waals surface area contributed by atoms with E-state index in [1.165, 1.54) is 18.4 Å². The number of rotatable bonds is 10. The summed E-state index contributed by atoms with van der Waals surface area (Å²) in [7, 11) is 3.17. The monoisotopic (exact) mass is 457 g/mol. The second-order valence-electron chi connectivity index (χ2n) is 8.28. The number of anilines is 1. The molecule has 1 aliphatic rings. The van der Waals surface area contributed by atoms with Crippen LogP contribution < -0.4 is 20.1 Å². The highest BCUT2D eigenvalue weighted by molar-refractivity contribution is 6.24. The molecule has 1 atom stereocenters. The second-order valence-corrected chi connectivity index (χ2v) is 8.28. The van der Waals surface area contributed by atoms with Crippen molar-refractivity contribution in [2.24, 2.45) is 4.99 Å². The Morgan fingerprint density at radius 2 is 1.71 bits per heavy atom. The van der Waals surface area contributed by atoms with Crippen molar-refractivity contribution in [1.82, 2.24) is 5.32 Å². The zero-order chi connectivity index (χ0) is 23.9. The summed E-state index contributed by atoms with van der Waals surface area (Å²) in [6.07, 6.45) is 2.35. The van der Waals surface area contributed by atoms with Gasteiger partial charge < -0.3 is 20.1 Å². The average molecular weight is 458 g/mol. The topological polar surface area (TPSA) is 72.0 Å². The number of nitrogens with one attached hydrogen (secondary N) is 2. The summed E-state index contributed by atoms with van der Waals surface area (Å²) in [6.45, 7) is 4.03. The molecule has 6 heteroatoms. The van der Waals surface area contributed by atoms with Gasteiger partial charge in [0.2, 0.25) is 5.91 Å². The average Bonchev–Trinajstić information content (AvgIpc) is 3.19. The van der Waals surface area contributed by atoms with Gasteiger partial charge in [-0.1, -0.05) is 55.8 Å². The van der Waals surface area contributed by atoms with Crippen LogP contribution in [-0.2, 0) is 11.3 Å². The Labute approximate surface area is 201 Å². The molecule has 0 aromatic heterocycles. The van der Waals surface area contributed by atoms with Crippen molar-refractivity contribution in [3.05, 3.63) is 83.4 Å². The second kappa shape index (κ2) is 11.0.